The molecule has 0 saturated carbocycles. The minimum Gasteiger partial charge on any atom is -0.426 e. The van der Waals surface area contributed by atoms with Crippen LogP contribution in [0, 0.1) is 0 Å². The lowest BCUT2D eigenvalue weighted by molar-refractivity contribution is -0.140. The van der Waals surface area contributed by atoms with E-state index < -0.39 is 25.2 Å². The molecule has 1 aromatic heterocycles. The predicted octanol–water partition coefficient (Wildman–Crippen LogP) is 2.87. The molecule has 35 heavy (non-hydrogen) atoms. The molecule has 4 rings (SSSR count). The van der Waals surface area contributed by atoms with Crippen molar-refractivity contribution in [3.8, 4) is 0 Å². The van der Waals surface area contributed by atoms with Gasteiger partial charge in [0.05, 0.1) is 11.2 Å². The molecule has 12 heteroatoms. The number of carbonyl (C=O) groups excluding carboxylic acids is 2. The van der Waals surface area contributed by atoms with Crippen molar-refractivity contribution in [1.82, 2.24) is 20.4 Å². The van der Waals surface area contributed by atoms with Crippen molar-refractivity contribution in [3.05, 3.63) is 60.3 Å². The first-order valence-electron chi connectivity index (χ1n) is 11.3. The Morgan fingerprint density at radius 3 is 2.74 bits per heavy atom. The van der Waals surface area contributed by atoms with Crippen LogP contribution < -0.4 is 5.32 Å². The number of fused-ring (bicyclic) bond motifs is 1. The van der Waals surface area contributed by atoms with Gasteiger partial charge in [-0.3, -0.25) is 14.2 Å². The van der Waals surface area contributed by atoms with Gasteiger partial charge in [-0.2, -0.15) is 0 Å². The highest BCUT2D eigenvalue weighted by Gasteiger charge is 2.34. The van der Waals surface area contributed by atoms with Crippen LogP contribution in [0.15, 0.2) is 53.3 Å². The quantitative estimate of drug-likeness (QED) is 0.364. The minimum atomic E-state index is -4.20. The fraction of sp³-hybridized carbons (Fsp3) is 0.391. The predicted molar refractivity (Wildman–Crippen MR) is 132 cm³/mol. The Balaban J connectivity index is 1.47. The van der Waals surface area contributed by atoms with Gasteiger partial charge in [0.25, 0.3) is 0 Å². The van der Waals surface area contributed by atoms with Crippen LogP contribution in [0.1, 0.15) is 36.8 Å². The van der Waals surface area contributed by atoms with Crippen molar-refractivity contribution >= 4 is 41.9 Å². The van der Waals surface area contributed by atoms with Gasteiger partial charge in [-0.05, 0) is 35.6 Å². The molecule has 2 atom stereocenters. The van der Waals surface area contributed by atoms with E-state index in [0.717, 1.165) is 40.9 Å². The van der Waals surface area contributed by atoms with Gasteiger partial charge in [-0.25, -0.2) is 0 Å². The summed E-state index contributed by atoms with van der Waals surface area (Å²) >= 11 is 0.871. The second kappa shape index (κ2) is 11.3. The molecule has 0 radical (unpaired) electrons. The first-order valence-corrected chi connectivity index (χ1v) is 14.2. The van der Waals surface area contributed by atoms with Crippen LogP contribution in [0.4, 0.5) is 0 Å². The van der Waals surface area contributed by atoms with E-state index >= 15 is 0 Å². The fourth-order valence-corrected chi connectivity index (χ4v) is 5.90. The Morgan fingerprint density at radius 2 is 2.00 bits per heavy atom. The molecule has 2 aromatic carbocycles. The fourth-order valence-electron chi connectivity index (χ4n) is 4.24. The smallest absolute Gasteiger partial charge is 0.335 e. The van der Waals surface area contributed by atoms with E-state index in [-0.39, 0.29) is 23.5 Å². The third-order valence-electron chi connectivity index (χ3n) is 5.86. The number of hydrogen-bond acceptors (Lipinski definition) is 7. The van der Waals surface area contributed by atoms with Crippen LogP contribution in [0.25, 0.3) is 10.8 Å². The number of amides is 2. The Bertz CT molecular complexity index is 1220. The van der Waals surface area contributed by atoms with Gasteiger partial charge in [-0.15, -0.1) is 22.0 Å². The highest BCUT2D eigenvalue weighted by atomic mass is 32.2. The lowest BCUT2D eigenvalue weighted by Crippen LogP contribution is -2.53. The van der Waals surface area contributed by atoms with Gasteiger partial charge in [0.1, 0.15) is 12.1 Å². The zero-order chi connectivity index (χ0) is 24.8. The third kappa shape index (κ3) is 6.91. The molecule has 1 fully saturated rings. The van der Waals surface area contributed by atoms with E-state index in [1.165, 1.54) is 11.3 Å². The van der Waals surface area contributed by atoms with E-state index in [9.17, 15) is 14.2 Å². The van der Waals surface area contributed by atoms with E-state index in [1.807, 2.05) is 36.4 Å². The summed E-state index contributed by atoms with van der Waals surface area (Å²) in [6.07, 6.45) is 3.71. The van der Waals surface area contributed by atoms with Gasteiger partial charge in [0, 0.05) is 13.0 Å². The molecular formula is C23H27N4O6PS. The molecular weight excluding hydrogens is 491 g/mol. The lowest BCUT2D eigenvalue weighted by atomic mass is 9.99. The molecule has 1 unspecified atom stereocenters. The molecule has 1 aliphatic heterocycles. The molecule has 3 N–H and O–H groups in total. The van der Waals surface area contributed by atoms with Gasteiger partial charge in [0.15, 0.2) is 0 Å². The summed E-state index contributed by atoms with van der Waals surface area (Å²) in [4.78, 5) is 45.7. The van der Waals surface area contributed by atoms with Crippen LogP contribution in [0.5, 0.6) is 0 Å². The third-order valence-corrected chi connectivity index (χ3v) is 8.38. The molecule has 0 bridgehead atoms. The number of benzene rings is 2. The maximum absolute atomic E-state index is 13.3. The zero-order valence-corrected chi connectivity index (χ0v) is 20.7. The molecule has 3 aromatic rings. The average Bonchev–Trinajstić information content (AvgIpc) is 3.38. The number of likely N-dealkylation sites (tertiary alicyclic amines) is 1. The summed E-state index contributed by atoms with van der Waals surface area (Å²) in [5.74, 6) is -0.453. The Labute approximate surface area is 206 Å². The number of nitrogens with zero attached hydrogens (tertiary/aromatic N) is 3. The highest BCUT2D eigenvalue weighted by molar-refractivity contribution is 8.04. The number of nitrogens with one attached hydrogen (secondary N) is 1. The van der Waals surface area contributed by atoms with Crippen LogP contribution in [-0.2, 0) is 20.6 Å². The number of carbonyl (C=O) groups is 2. The largest absolute Gasteiger partial charge is 0.426 e. The monoisotopic (exact) mass is 518 g/mol. The zero-order valence-electron chi connectivity index (χ0n) is 18.9. The van der Waals surface area contributed by atoms with Crippen molar-refractivity contribution < 1.29 is 28.4 Å². The number of aromatic nitrogens is 2. The minimum absolute atomic E-state index is 0.0981. The van der Waals surface area contributed by atoms with Gasteiger partial charge < -0.3 is 24.4 Å². The van der Waals surface area contributed by atoms with Gasteiger partial charge >= 0.3 is 7.60 Å². The number of piperidine rings is 1. The molecule has 10 nitrogen and oxygen atoms in total. The summed E-state index contributed by atoms with van der Waals surface area (Å²) < 4.78 is 16.5. The average molecular weight is 519 g/mol. The van der Waals surface area contributed by atoms with Crippen LogP contribution in [0.2, 0.25) is 0 Å². The SMILES string of the molecule is O=C(NC(Cc1ccc2ccccc2c1)c1nnco1)[C@@H]1CCCCN1C(=O)CSCP(=O)(O)O. The van der Waals surface area contributed by atoms with E-state index in [0.29, 0.717) is 19.4 Å². The molecule has 2 amide bonds. The molecule has 2 heterocycles. The molecule has 186 valence electrons. The van der Waals surface area contributed by atoms with Crippen molar-refractivity contribution in [2.75, 3.05) is 17.8 Å². The summed E-state index contributed by atoms with van der Waals surface area (Å²) in [6, 6.07) is 12.8. The van der Waals surface area contributed by atoms with E-state index in [2.05, 4.69) is 21.6 Å². The molecule has 1 saturated heterocycles. The van der Waals surface area contributed by atoms with Crippen LogP contribution in [-0.4, -0.2) is 60.5 Å². The van der Waals surface area contributed by atoms with Crippen molar-refractivity contribution in [1.29, 1.82) is 0 Å². The summed E-state index contributed by atoms with van der Waals surface area (Å²) in [5.41, 5.74) is 0.548. The standard InChI is InChI=1S/C23H27N4O6PS/c28-21(13-35-15-34(30,31)32)27-10-4-3-7-20(27)22(29)25-19(23-26-24-14-33-23)12-16-8-9-17-5-1-2-6-18(17)11-16/h1-2,5-6,8-9,11,14,19-20H,3-4,7,10,12-13,15H2,(H,25,29)(H2,30,31,32)/t19?,20-/m0/s1. The van der Waals surface area contributed by atoms with Crippen molar-refractivity contribution in [2.45, 2.75) is 37.8 Å². The second-order valence-corrected chi connectivity index (χ2v) is 11.5. The topological polar surface area (TPSA) is 146 Å². The summed E-state index contributed by atoms with van der Waals surface area (Å²) in [5, 5.41) is 12.9. The normalized spacial score (nSPS) is 17.3. The molecule has 0 aliphatic carbocycles. The Hall–Kier alpha value is -2.72. The maximum Gasteiger partial charge on any atom is 0.335 e. The lowest BCUT2D eigenvalue weighted by Gasteiger charge is -2.35. The van der Waals surface area contributed by atoms with Crippen molar-refractivity contribution in [3.63, 3.8) is 0 Å². The Morgan fingerprint density at radius 1 is 1.20 bits per heavy atom. The first-order chi connectivity index (χ1) is 16.8. The summed E-state index contributed by atoms with van der Waals surface area (Å²) in [7, 11) is -4.20. The maximum atomic E-state index is 13.3. The van der Waals surface area contributed by atoms with Gasteiger partial charge in [-0.1, -0.05) is 42.5 Å². The molecule has 1 aliphatic rings. The van der Waals surface area contributed by atoms with Crippen LogP contribution >= 0.6 is 19.4 Å². The van der Waals surface area contributed by atoms with E-state index in [1.54, 1.807) is 0 Å². The van der Waals surface area contributed by atoms with E-state index in [4.69, 9.17) is 14.2 Å². The van der Waals surface area contributed by atoms with Crippen LogP contribution in [0.3, 0.4) is 0 Å². The van der Waals surface area contributed by atoms with Crippen molar-refractivity contribution in [2.24, 2.45) is 0 Å². The molecule has 0 spiro atoms. The summed E-state index contributed by atoms with van der Waals surface area (Å²) in [6.45, 7) is 0.420. The Kier molecular flexibility index (Phi) is 8.22. The first kappa shape index (κ1) is 25.4. The van der Waals surface area contributed by atoms with Gasteiger partial charge in [0.2, 0.25) is 24.1 Å². The number of hydrogen-bond donors (Lipinski definition) is 3. The highest BCUT2D eigenvalue weighted by Crippen LogP contribution is 2.38. The second-order valence-electron chi connectivity index (χ2n) is 8.46. The number of thioether (sulfide) groups is 1. The number of rotatable bonds is 9.